The Hall–Kier alpha value is -4.15. The summed E-state index contributed by atoms with van der Waals surface area (Å²) >= 11 is 0. The van der Waals surface area contributed by atoms with Crippen molar-refractivity contribution in [2.24, 2.45) is 5.92 Å². The van der Waals surface area contributed by atoms with Gasteiger partial charge in [-0.1, -0.05) is 18.6 Å². The number of anilines is 1. The third kappa shape index (κ3) is 5.25. The summed E-state index contributed by atoms with van der Waals surface area (Å²) in [6.45, 7) is 4.08. The number of carboxylic acid groups (broad SMARTS) is 1. The summed E-state index contributed by atoms with van der Waals surface area (Å²) in [5.41, 5.74) is 2.11. The number of alkyl halides is 3. The predicted octanol–water partition coefficient (Wildman–Crippen LogP) is 6.18. The first-order valence-corrected chi connectivity index (χ1v) is 12.6. The normalized spacial score (nSPS) is 14.7. The van der Waals surface area contributed by atoms with Crippen LogP contribution in [-0.4, -0.2) is 43.7 Å². The molecule has 11 heteroatoms. The molecule has 1 atom stereocenters. The van der Waals surface area contributed by atoms with E-state index in [1.54, 1.807) is 13.2 Å². The molecule has 2 aromatic heterocycles. The third-order valence-electron chi connectivity index (χ3n) is 7.29. The zero-order chi connectivity index (χ0) is 27.9. The SMILES string of the molecule is COc1ccc(-c2nc3nc(C(=O)O)nc(N[C@H](C)C4CCC4)c3n2Cc2ccc(C(F)(F)F)cc2)cc1C. The number of halogens is 3. The summed E-state index contributed by atoms with van der Waals surface area (Å²) < 4.78 is 46.7. The average molecular weight is 540 g/mol. The Bertz CT molecular complexity index is 1530. The number of imidazole rings is 1. The van der Waals surface area contributed by atoms with Gasteiger partial charge in [0.2, 0.25) is 5.82 Å². The molecule has 0 saturated heterocycles. The molecule has 39 heavy (non-hydrogen) atoms. The van der Waals surface area contributed by atoms with Crippen LogP contribution in [0.15, 0.2) is 42.5 Å². The van der Waals surface area contributed by atoms with Gasteiger partial charge in [0.05, 0.1) is 12.7 Å². The van der Waals surface area contributed by atoms with Crippen LogP contribution in [0.2, 0.25) is 0 Å². The molecule has 2 aromatic carbocycles. The number of carboxylic acids is 1. The number of rotatable bonds is 8. The van der Waals surface area contributed by atoms with E-state index < -0.39 is 17.7 Å². The minimum Gasteiger partial charge on any atom is -0.496 e. The van der Waals surface area contributed by atoms with Crippen LogP contribution in [-0.2, 0) is 12.7 Å². The number of nitrogens with zero attached hydrogens (tertiary/aromatic N) is 4. The van der Waals surface area contributed by atoms with Crippen LogP contribution < -0.4 is 10.1 Å². The molecule has 2 N–H and O–H groups in total. The first-order chi connectivity index (χ1) is 18.5. The highest BCUT2D eigenvalue weighted by atomic mass is 19.4. The molecule has 2 heterocycles. The summed E-state index contributed by atoms with van der Waals surface area (Å²) in [6, 6.07) is 10.5. The molecule has 5 rings (SSSR count). The van der Waals surface area contributed by atoms with Crippen molar-refractivity contribution in [2.45, 2.75) is 51.9 Å². The van der Waals surface area contributed by atoms with Crippen molar-refractivity contribution >= 4 is 23.0 Å². The van der Waals surface area contributed by atoms with Gasteiger partial charge in [-0.05, 0) is 74.1 Å². The Kier molecular flexibility index (Phi) is 6.92. The number of aromatic nitrogens is 4. The van der Waals surface area contributed by atoms with E-state index >= 15 is 0 Å². The first-order valence-electron chi connectivity index (χ1n) is 12.6. The standard InChI is InChI=1S/C28H28F3N5O3/c1-15-13-19(9-12-21(15)39-3)26-35-24-22(36(26)14-17-7-10-20(11-8-17)28(29,30)31)23(33-25(34-24)27(37)38)32-16(2)18-5-4-6-18/h7-13,16,18H,4-6,14H2,1-3H3,(H,37,38)(H,32,33,34)/t16-/m1/s1. The van der Waals surface area contributed by atoms with Gasteiger partial charge in [-0.2, -0.15) is 13.2 Å². The van der Waals surface area contributed by atoms with E-state index in [0.717, 1.165) is 37.0 Å². The first kappa shape index (κ1) is 26.5. The largest absolute Gasteiger partial charge is 0.496 e. The predicted molar refractivity (Wildman–Crippen MR) is 140 cm³/mol. The lowest BCUT2D eigenvalue weighted by molar-refractivity contribution is -0.137. The van der Waals surface area contributed by atoms with Gasteiger partial charge in [0.1, 0.15) is 17.1 Å². The van der Waals surface area contributed by atoms with Crippen molar-refractivity contribution < 1.29 is 27.8 Å². The van der Waals surface area contributed by atoms with E-state index in [4.69, 9.17) is 9.72 Å². The maximum absolute atomic E-state index is 13.2. The lowest BCUT2D eigenvalue weighted by Crippen LogP contribution is -2.31. The number of ether oxygens (including phenoxy) is 1. The van der Waals surface area contributed by atoms with Crippen molar-refractivity contribution in [1.82, 2.24) is 19.5 Å². The molecule has 1 aliphatic carbocycles. The second-order valence-electron chi connectivity index (χ2n) is 9.90. The van der Waals surface area contributed by atoms with Gasteiger partial charge in [0, 0.05) is 18.2 Å². The smallest absolute Gasteiger partial charge is 0.416 e. The molecule has 0 aliphatic heterocycles. The summed E-state index contributed by atoms with van der Waals surface area (Å²) in [5, 5.41) is 13.1. The van der Waals surface area contributed by atoms with Gasteiger partial charge in [-0.3, -0.25) is 0 Å². The molecule has 1 aliphatic rings. The summed E-state index contributed by atoms with van der Waals surface area (Å²) in [5.74, 6) is 0.254. The van der Waals surface area contributed by atoms with Crippen LogP contribution in [0.25, 0.3) is 22.6 Å². The number of nitrogens with one attached hydrogen (secondary N) is 1. The quantitative estimate of drug-likeness (QED) is 0.276. The molecule has 0 bridgehead atoms. The number of aromatic carboxylic acids is 1. The molecular weight excluding hydrogens is 511 g/mol. The van der Waals surface area contributed by atoms with Crippen molar-refractivity contribution in [2.75, 3.05) is 12.4 Å². The second-order valence-corrected chi connectivity index (χ2v) is 9.90. The van der Waals surface area contributed by atoms with Crippen LogP contribution in [0.3, 0.4) is 0 Å². The molecule has 4 aromatic rings. The van der Waals surface area contributed by atoms with Crippen LogP contribution in [0, 0.1) is 12.8 Å². The number of methoxy groups -OCH3 is 1. The summed E-state index contributed by atoms with van der Waals surface area (Å²) in [7, 11) is 1.58. The Morgan fingerprint density at radius 1 is 1.15 bits per heavy atom. The Balaban J connectivity index is 1.69. The Labute approximate surface area is 222 Å². The van der Waals surface area contributed by atoms with Gasteiger partial charge >= 0.3 is 12.1 Å². The van der Waals surface area contributed by atoms with E-state index in [1.807, 2.05) is 30.5 Å². The van der Waals surface area contributed by atoms with Gasteiger partial charge in [0.25, 0.3) is 0 Å². The van der Waals surface area contributed by atoms with Gasteiger partial charge in [-0.25, -0.2) is 19.7 Å². The molecular formula is C28H28F3N5O3. The van der Waals surface area contributed by atoms with Crippen LogP contribution in [0.5, 0.6) is 5.75 Å². The number of hydrogen-bond acceptors (Lipinski definition) is 6. The number of aryl methyl sites for hydroxylation is 1. The van der Waals surface area contributed by atoms with Gasteiger partial charge in [0.15, 0.2) is 11.5 Å². The fourth-order valence-electron chi connectivity index (χ4n) is 4.88. The number of hydrogen-bond donors (Lipinski definition) is 2. The Morgan fingerprint density at radius 2 is 1.87 bits per heavy atom. The van der Waals surface area contributed by atoms with E-state index in [-0.39, 0.29) is 24.1 Å². The average Bonchev–Trinajstić information content (AvgIpc) is 3.21. The van der Waals surface area contributed by atoms with E-state index in [0.29, 0.717) is 40.0 Å². The molecule has 0 unspecified atom stereocenters. The van der Waals surface area contributed by atoms with Crippen molar-refractivity contribution in [3.8, 4) is 17.1 Å². The number of carbonyl (C=O) groups is 1. The minimum absolute atomic E-state index is 0.0274. The molecule has 0 spiro atoms. The highest BCUT2D eigenvalue weighted by Gasteiger charge is 2.30. The second kappa shape index (κ2) is 10.2. The van der Waals surface area contributed by atoms with Gasteiger partial charge in [-0.15, -0.1) is 0 Å². The molecule has 1 saturated carbocycles. The highest BCUT2D eigenvalue weighted by Crippen LogP contribution is 2.35. The topological polar surface area (TPSA) is 102 Å². The summed E-state index contributed by atoms with van der Waals surface area (Å²) in [4.78, 5) is 25.1. The lowest BCUT2D eigenvalue weighted by atomic mass is 9.80. The molecule has 1 fully saturated rings. The van der Waals surface area contributed by atoms with Crippen molar-refractivity contribution in [3.05, 3.63) is 65.0 Å². The van der Waals surface area contributed by atoms with Crippen molar-refractivity contribution in [3.63, 3.8) is 0 Å². The maximum Gasteiger partial charge on any atom is 0.416 e. The zero-order valence-corrected chi connectivity index (χ0v) is 21.7. The maximum atomic E-state index is 13.2. The molecule has 0 amide bonds. The molecule has 204 valence electrons. The van der Waals surface area contributed by atoms with Crippen LogP contribution in [0.4, 0.5) is 19.0 Å². The fraction of sp³-hybridized carbons (Fsp3) is 0.357. The zero-order valence-electron chi connectivity index (χ0n) is 21.7. The lowest BCUT2D eigenvalue weighted by Gasteiger charge is -2.32. The summed E-state index contributed by atoms with van der Waals surface area (Å²) in [6.07, 6.45) is -1.17. The molecule has 8 nitrogen and oxygen atoms in total. The van der Waals surface area contributed by atoms with E-state index in [9.17, 15) is 23.1 Å². The van der Waals surface area contributed by atoms with Crippen molar-refractivity contribution in [1.29, 1.82) is 0 Å². The minimum atomic E-state index is -4.44. The number of fused-ring (bicyclic) bond motifs is 1. The van der Waals surface area contributed by atoms with Crippen LogP contribution >= 0.6 is 0 Å². The monoisotopic (exact) mass is 539 g/mol. The Morgan fingerprint density at radius 3 is 2.44 bits per heavy atom. The van der Waals surface area contributed by atoms with E-state index in [1.165, 1.54) is 12.1 Å². The van der Waals surface area contributed by atoms with Gasteiger partial charge < -0.3 is 19.7 Å². The fourth-order valence-corrected chi connectivity index (χ4v) is 4.88. The highest BCUT2D eigenvalue weighted by molar-refractivity contribution is 5.92. The van der Waals surface area contributed by atoms with E-state index in [2.05, 4.69) is 15.3 Å². The third-order valence-corrected chi connectivity index (χ3v) is 7.29. The number of benzene rings is 2. The molecule has 0 radical (unpaired) electrons. The van der Waals surface area contributed by atoms with Crippen LogP contribution in [0.1, 0.15) is 53.5 Å².